The average Bonchev–Trinajstić information content (AvgIpc) is 2.42. The Balaban J connectivity index is 2.35. The van der Waals surface area contributed by atoms with Crippen LogP contribution in [0.5, 0.6) is 0 Å². The monoisotopic (exact) mass is 289 g/mol. The minimum Gasteiger partial charge on any atom is -0.326 e. The van der Waals surface area contributed by atoms with Crippen molar-refractivity contribution >= 4 is 23.2 Å². The lowest BCUT2D eigenvalue weighted by molar-refractivity contribution is -0.124. The van der Waals surface area contributed by atoms with Gasteiger partial charge < -0.3 is 5.32 Å². The van der Waals surface area contributed by atoms with Crippen molar-refractivity contribution < 1.29 is 9.59 Å². The molecule has 0 fully saturated rings. The molecule has 2 N–H and O–H groups in total. The van der Waals surface area contributed by atoms with E-state index in [0.717, 1.165) is 11.4 Å². The summed E-state index contributed by atoms with van der Waals surface area (Å²) >= 11 is 0. The molecule has 0 aliphatic carbocycles. The van der Waals surface area contributed by atoms with Crippen LogP contribution >= 0.6 is 0 Å². The Kier molecular flexibility index (Phi) is 6.09. The standard InChI is InChI=1S/C16H23N3O2/c1-12(16(2,3)4)18-19-15(21)11-10-14(20)17-13-8-6-5-7-9-13/h5-9H,10-11H2,1-4H3,(H,17,20)(H,19,21)/b18-12+. The van der Waals surface area contributed by atoms with Crippen molar-refractivity contribution in [2.45, 2.75) is 40.5 Å². The maximum absolute atomic E-state index is 11.7. The van der Waals surface area contributed by atoms with Crippen LogP contribution in [0.2, 0.25) is 0 Å². The van der Waals surface area contributed by atoms with Crippen LogP contribution < -0.4 is 10.7 Å². The molecule has 114 valence electrons. The predicted octanol–water partition coefficient (Wildman–Crippen LogP) is 2.94. The number of hydrazone groups is 1. The molecule has 5 heteroatoms. The molecule has 0 saturated heterocycles. The molecule has 0 heterocycles. The normalized spacial score (nSPS) is 11.9. The lowest BCUT2D eigenvalue weighted by Gasteiger charge is -2.17. The zero-order chi connectivity index (χ0) is 15.9. The Morgan fingerprint density at radius 1 is 1.05 bits per heavy atom. The molecule has 0 atom stereocenters. The summed E-state index contributed by atoms with van der Waals surface area (Å²) in [6.45, 7) is 7.92. The van der Waals surface area contributed by atoms with E-state index in [-0.39, 0.29) is 30.1 Å². The third-order valence-electron chi connectivity index (χ3n) is 3.07. The minimum absolute atomic E-state index is 0.0854. The number of hydrogen-bond acceptors (Lipinski definition) is 3. The second kappa shape index (κ2) is 7.57. The summed E-state index contributed by atoms with van der Waals surface area (Å²) in [5.74, 6) is -0.449. The van der Waals surface area contributed by atoms with Gasteiger partial charge in [-0.15, -0.1) is 0 Å². The average molecular weight is 289 g/mol. The number of amides is 2. The summed E-state index contributed by atoms with van der Waals surface area (Å²) in [4.78, 5) is 23.3. The molecule has 1 aromatic rings. The second-order valence-corrected chi connectivity index (χ2v) is 5.90. The van der Waals surface area contributed by atoms with Gasteiger partial charge in [0.1, 0.15) is 0 Å². The molecule has 0 radical (unpaired) electrons. The first-order valence-electron chi connectivity index (χ1n) is 6.97. The fraction of sp³-hybridized carbons (Fsp3) is 0.438. The van der Waals surface area contributed by atoms with Crippen molar-refractivity contribution in [3.63, 3.8) is 0 Å². The summed E-state index contributed by atoms with van der Waals surface area (Å²) < 4.78 is 0. The largest absolute Gasteiger partial charge is 0.326 e. The van der Waals surface area contributed by atoms with E-state index >= 15 is 0 Å². The van der Waals surface area contributed by atoms with Gasteiger partial charge in [0.15, 0.2) is 0 Å². The number of hydrogen-bond donors (Lipinski definition) is 2. The van der Waals surface area contributed by atoms with Crippen molar-refractivity contribution in [1.29, 1.82) is 0 Å². The topological polar surface area (TPSA) is 70.6 Å². The number of carbonyl (C=O) groups is 2. The smallest absolute Gasteiger partial charge is 0.240 e. The zero-order valence-corrected chi connectivity index (χ0v) is 13.1. The van der Waals surface area contributed by atoms with E-state index in [0.29, 0.717) is 0 Å². The van der Waals surface area contributed by atoms with Gasteiger partial charge in [0.05, 0.1) is 0 Å². The van der Waals surface area contributed by atoms with E-state index in [1.54, 1.807) is 12.1 Å². The molecule has 0 saturated carbocycles. The SMILES string of the molecule is C/C(=N\NC(=O)CCC(=O)Nc1ccccc1)C(C)(C)C. The third-order valence-corrected chi connectivity index (χ3v) is 3.07. The highest BCUT2D eigenvalue weighted by molar-refractivity contribution is 5.93. The molecule has 2 amide bonds. The van der Waals surface area contributed by atoms with Crippen molar-refractivity contribution in [3.8, 4) is 0 Å². The summed E-state index contributed by atoms with van der Waals surface area (Å²) in [6, 6.07) is 9.15. The summed E-state index contributed by atoms with van der Waals surface area (Å²) in [7, 11) is 0. The van der Waals surface area contributed by atoms with Gasteiger partial charge in [-0.25, -0.2) is 5.43 Å². The van der Waals surface area contributed by atoms with Crippen LogP contribution in [-0.2, 0) is 9.59 Å². The van der Waals surface area contributed by atoms with Gasteiger partial charge in [0, 0.05) is 29.7 Å². The van der Waals surface area contributed by atoms with Crippen LogP contribution in [0.1, 0.15) is 40.5 Å². The predicted molar refractivity (Wildman–Crippen MR) is 85.0 cm³/mol. The molecular weight excluding hydrogens is 266 g/mol. The van der Waals surface area contributed by atoms with Crippen LogP contribution in [0, 0.1) is 5.41 Å². The lowest BCUT2D eigenvalue weighted by Crippen LogP contribution is -2.25. The maximum atomic E-state index is 11.7. The molecule has 5 nitrogen and oxygen atoms in total. The third kappa shape index (κ3) is 6.70. The fourth-order valence-corrected chi connectivity index (χ4v) is 1.34. The van der Waals surface area contributed by atoms with Gasteiger partial charge in [0.25, 0.3) is 0 Å². The summed E-state index contributed by atoms with van der Waals surface area (Å²) in [5, 5.41) is 6.77. The van der Waals surface area contributed by atoms with Crippen molar-refractivity contribution in [3.05, 3.63) is 30.3 Å². The van der Waals surface area contributed by atoms with E-state index in [9.17, 15) is 9.59 Å². The van der Waals surface area contributed by atoms with Gasteiger partial charge in [-0.3, -0.25) is 9.59 Å². The highest BCUT2D eigenvalue weighted by Crippen LogP contribution is 2.14. The van der Waals surface area contributed by atoms with Crippen molar-refractivity contribution in [1.82, 2.24) is 5.43 Å². The Labute approximate surface area is 125 Å². The van der Waals surface area contributed by atoms with Crippen LogP contribution in [0.3, 0.4) is 0 Å². The van der Waals surface area contributed by atoms with Crippen LogP contribution in [0.25, 0.3) is 0 Å². The van der Waals surface area contributed by atoms with Crippen LogP contribution in [0.4, 0.5) is 5.69 Å². The first-order chi connectivity index (χ1) is 9.79. The van der Waals surface area contributed by atoms with E-state index in [1.807, 2.05) is 45.9 Å². The van der Waals surface area contributed by atoms with Crippen molar-refractivity contribution in [2.75, 3.05) is 5.32 Å². The van der Waals surface area contributed by atoms with E-state index < -0.39 is 0 Å². The Hall–Kier alpha value is -2.17. The highest BCUT2D eigenvalue weighted by atomic mass is 16.2. The lowest BCUT2D eigenvalue weighted by atomic mass is 9.91. The molecular formula is C16H23N3O2. The van der Waals surface area contributed by atoms with Crippen molar-refractivity contribution in [2.24, 2.45) is 10.5 Å². The minimum atomic E-state index is -0.262. The van der Waals surface area contributed by atoms with Gasteiger partial charge in [-0.1, -0.05) is 39.0 Å². The summed E-state index contributed by atoms with van der Waals surface area (Å²) in [6.07, 6.45) is 0.240. The quantitative estimate of drug-likeness (QED) is 0.646. The Bertz CT molecular complexity index is 516. The zero-order valence-electron chi connectivity index (χ0n) is 13.1. The number of nitrogens with zero attached hydrogens (tertiary/aromatic N) is 1. The van der Waals surface area contributed by atoms with Gasteiger partial charge in [0.2, 0.25) is 11.8 Å². The molecule has 0 aromatic heterocycles. The van der Waals surface area contributed by atoms with E-state index in [4.69, 9.17) is 0 Å². The molecule has 0 unspecified atom stereocenters. The molecule has 1 rings (SSSR count). The van der Waals surface area contributed by atoms with Gasteiger partial charge in [-0.2, -0.15) is 5.10 Å². The number of para-hydroxylation sites is 1. The van der Waals surface area contributed by atoms with Gasteiger partial charge >= 0.3 is 0 Å². The molecule has 21 heavy (non-hydrogen) atoms. The first kappa shape index (κ1) is 16.9. The molecule has 1 aromatic carbocycles. The Morgan fingerprint density at radius 2 is 1.62 bits per heavy atom. The van der Waals surface area contributed by atoms with Crippen LogP contribution in [-0.4, -0.2) is 17.5 Å². The van der Waals surface area contributed by atoms with Crippen LogP contribution in [0.15, 0.2) is 35.4 Å². The first-order valence-corrected chi connectivity index (χ1v) is 6.97. The molecule has 0 aliphatic heterocycles. The number of rotatable bonds is 5. The second-order valence-electron chi connectivity index (χ2n) is 5.90. The fourth-order valence-electron chi connectivity index (χ4n) is 1.34. The molecule has 0 aliphatic rings. The maximum Gasteiger partial charge on any atom is 0.240 e. The number of anilines is 1. The van der Waals surface area contributed by atoms with E-state index in [1.165, 1.54) is 0 Å². The number of benzene rings is 1. The molecule has 0 bridgehead atoms. The Morgan fingerprint density at radius 3 is 2.19 bits per heavy atom. The number of nitrogens with one attached hydrogen (secondary N) is 2. The number of carbonyl (C=O) groups excluding carboxylic acids is 2. The molecule has 0 spiro atoms. The summed E-state index contributed by atoms with van der Waals surface area (Å²) in [5.41, 5.74) is 3.96. The van der Waals surface area contributed by atoms with E-state index in [2.05, 4.69) is 15.8 Å². The van der Waals surface area contributed by atoms with Gasteiger partial charge in [-0.05, 0) is 19.1 Å². The highest BCUT2D eigenvalue weighted by Gasteiger charge is 2.14.